The lowest BCUT2D eigenvalue weighted by molar-refractivity contribution is -0.123. The van der Waals surface area contributed by atoms with E-state index in [2.05, 4.69) is 10.6 Å². The Kier molecular flexibility index (Phi) is 6.24. The minimum Gasteiger partial charge on any atom is -0.375 e. The average Bonchev–Trinajstić information content (AvgIpc) is 3.22. The molecule has 2 fully saturated rings. The average molecular weight is 325 g/mol. The molecule has 1 atom stereocenters. The molecular formula is C17H25ClN2O2. The van der Waals surface area contributed by atoms with Crippen molar-refractivity contribution in [2.24, 2.45) is 11.3 Å². The van der Waals surface area contributed by atoms with Gasteiger partial charge in [0.2, 0.25) is 5.91 Å². The third-order valence-corrected chi connectivity index (χ3v) is 4.76. The van der Waals surface area contributed by atoms with Crippen LogP contribution in [0.15, 0.2) is 30.3 Å². The van der Waals surface area contributed by atoms with Crippen LogP contribution < -0.4 is 10.6 Å². The van der Waals surface area contributed by atoms with Gasteiger partial charge in [0.05, 0.1) is 13.2 Å². The number of piperidine rings is 1. The molecule has 3 rings (SSSR count). The zero-order valence-electron chi connectivity index (χ0n) is 12.8. The Bertz CT molecular complexity index is 475. The van der Waals surface area contributed by atoms with Gasteiger partial charge in [0.1, 0.15) is 0 Å². The molecule has 0 radical (unpaired) electrons. The summed E-state index contributed by atoms with van der Waals surface area (Å²) in [5, 5.41) is 6.38. The fourth-order valence-corrected chi connectivity index (χ4v) is 3.33. The summed E-state index contributed by atoms with van der Waals surface area (Å²) in [7, 11) is 0. The molecule has 122 valence electrons. The molecule has 22 heavy (non-hydrogen) atoms. The zero-order valence-corrected chi connectivity index (χ0v) is 13.7. The maximum atomic E-state index is 12.1. The normalized spacial score (nSPS) is 21.9. The number of rotatable bonds is 6. The fraction of sp³-hybridized carbons (Fsp3) is 0.588. The molecule has 1 amide bonds. The van der Waals surface area contributed by atoms with E-state index in [4.69, 9.17) is 4.74 Å². The van der Waals surface area contributed by atoms with Gasteiger partial charge in [-0.1, -0.05) is 30.3 Å². The summed E-state index contributed by atoms with van der Waals surface area (Å²) in [6.45, 7) is 3.90. The van der Waals surface area contributed by atoms with Crippen molar-refractivity contribution in [1.82, 2.24) is 10.6 Å². The number of carbonyl (C=O) groups excluding carboxylic acids is 1. The first-order chi connectivity index (χ1) is 10.3. The van der Waals surface area contributed by atoms with Crippen LogP contribution in [-0.2, 0) is 16.1 Å². The van der Waals surface area contributed by atoms with E-state index in [1.54, 1.807) is 0 Å². The number of benzene rings is 1. The fourth-order valence-electron chi connectivity index (χ4n) is 3.33. The molecule has 1 saturated carbocycles. The van der Waals surface area contributed by atoms with Gasteiger partial charge >= 0.3 is 0 Å². The molecule has 0 bridgehead atoms. The Morgan fingerprint density at radius 3 is 2.73 bits per heavy atom. The number of halogens is 1. The third kappa shape index (κ3) is 4.22. The van der Waals surface area contributed by atoms with Crippen LogP contribution in [0.2, 0.25) is 0 Å². The van der Waals surface area contributed by atoms with Crippen LogP contribution in [0, 0.1) is 11.3 Å². The highest BCUT2D eigenvalue weighted by atomic mass is 35.5. The molecule has 2 N–H and O–H groups in total. The van der Waals surface area contributed by atoms with Crippen molar-refractivity contribution < 1.29 is 9.53 Å². The maximum absolute atomic E-state index is 12.1. The first-order valence-electron chi connectivity index (χ1n) is 7.90. The summed E-state index contributed by atoms with van der Waals surface area (Å²) >= 11 is 0. The second-order valence-electron chi connectivity index (χ2n) is 6.20. The van der Waals surface area contributed by atoms with Crippen LogP contribution in [0.25, 0.3) is 0 Å². The van der Waals surface area contributed by atoms with Crippen molar-refractivity contribution >= 4 is 18.3 Å². The van der Waals surface area contributed by atoms with Crippen molar-refractivity contribution in [2.45, 2.75) is 25.9 Å². The standard InChI is InChI=1S/C17H24N2O2.ClH/c20-16(15-12-17(15)6-8-18-9-7-17)19-10-11-21-13-14-4-2-1-3-5-14;/h1-5,15,18H,6-13H2,(H,19,20);1H. The Morgan fingerprint density at radius 1 is 1.27 bits per heavy atom. The van der Waals surface area contributed by atoms with E-state index in [0.717, 1.165) is 32.4 Å². The molecule has 1 aliphatic heterocycles. The lowest BCUT2D eigenvalue weighted by Gasteiger charge is -2.23. The van der Waals surface area contributed by atoms with Gasteiger partial charge in [-0.05, 0) is 43.3 Å². The first kappa shape index (κ1) is 17.3. The minimum atomic E-state index is 0. The van der Waals surface area contributed by atoms with Crippen molar-refractivity contribution in [3.63, 3.8) is 0 Å². The molecule has 4 nitrogen and oxygen atoms in total. The second kappa shape index (κ2) is 7.95. The Morgan fingerprint density at radius 2 is 2.00 bits per heavy atom. The van der Waals surface area contributed by atoms with E-state index < -0.39 is 0 Å². The van der Waals surface area contributed by atoms with Crippen LogP contribution in [0.3, 0.4) is 0 Å². The lowest BCUT2D eigenvalue weighted by atomic mass is 9.92. The van der Waals surface area contributed by atoms with Gasteiger partial charge in [0.15, 0.2) is 0 Å². The molecule has 1 unspecified atom stereocenters. The maximum Gasteiger partial charge on any atom is 0.223 e. The third-order valence-electron chi connectivity index (χ3n) is 4.76. The summed E-state index contributed by atoms with van der Waals surface area (Å²) < 4.78 is 5.58. The van der Waals surface area contributed by atoms with Gasteiger partial charge in [0, 0.05) is 12.5 Å². The molecule has 0 aromatic heterocycles. The Labute approximate surface area is 138 Å². The lowest BCUT2D eigenvalue weighted by Crippen LogP contribution is -2.34. The minimum absolute atomic E-state index is 0. The molecule has 1 heterocycles. The van der Waals surface area contributed by atoms with E-state index in [9.17, 15) is 4.79 Å². The summed E-state index contributed by atoms with van der Waals surface area (Å²) in [6.07, 6.45) is 3.37. The summed E-state index contributed by atoms with van der Waals surface area (Å²) in [6, 6.07) is 10.1. The largest absolute Gasteiger partial charge is 0.375 e. The number of hydrogen-bond donors (Lipinski definition) is 2. The Hall–Kier alpha value is -1.10. The molecule has 1 aromatic rings. The van der Waals surface area contributed by atoms with Crippen molar-refractivity contribution in [1.29, 1.82) is 0 Å². The summed E-state index contributed by atoms with van der Waals surface area (Å²) in [4.78, 5) is 12.1. The monoisotopic (exact) mass is 324 g/mol. The van der Waals surface area contributed by atoms with Crippen molar-refractivity contribution in [3.05, 3.63) is 35.9 Å². The number of hydrogen-bond acceptors (Lipinski definition) is 3. The predicted molar refractivity (Wildman–Crippen MR) is 89.0 cm³/mol. The van der Waals surface area contributed by atoms with E-state index >= 15 is 0 Å². The highest BCUT2D eigenvalue weighted by Crippen LogP contribution is 2.58. The second-order valence-corrected chi connectivity index (χ2v) is 6.20. The van der Waals surface area contributed by atoms with E-state index in [-0.39, 0.29) is 24.2 Å². The van der Waals surface area contributed by atoms with Crippen LogP contribution in [0.5, 0.6) is 0 Å². The first-order valence-corrected chi connectivity index (χ1v) is 7.90. The van der Waals surface area contributed by atoms with Gasteiger partial charge in [-0.15, -0.1) is 12.4 Å². The van der Waals surface area contributed by atoms with Crippen LogP contribution in [0.4, 0.5) is 0 Å². The molecule has 1 aliphatic carbocycles. The van der Waals surface area contributed by atoms with Crippen LogP contribution >= 0.6 is 12.4 Å². The highest BCUT2D eigenvalue weighted by Gasteiger charge is 2.57. The van der Waals surface area contributed by atoms with Crippen molar-refractivity contribution in [2.75, 3.05) is 26.2 Å². The molecule has 5 heteroatoms. The number of ether oxygens (including phenoxy) is 1. The van der Waals surface area contributed by atoms with Crippen LogP contribution in [0.1, 0.15) is 24.8 Å². The topological polar surface area (TPSA) is 50.4 Å². The SMILES string of the molecule is Cl.O=C(NCCOCc1ccccc1)C1CC12CCNCC2. The molecule has 1 aromatic carbocycles. The van der Waals surface area contributed by atoms with E-state index in [1.165, 1.54) is 5.56 Å². The van der Waals surface area contributed by atoms with E-state index in [0.29, 0.717) is 25.2 Å². The van der Waals surface area contributed by atoms with Crippen molar-refractivity contribution in [3.8, 4) is 0 Å². The number of nitrogens with one attached hydrogen (secondary N) is 2. The summed E-state index contributed by atoms with van der Waals surface area (Å²) in [5.74, 6) is 0.467. The summed E-state index contributed by atoms with van der Waals surface area (Å²) in [5.41, 5.74) is 1.49. The smallest absolute Gasteiger partial charge is 0.223 e. The number of amides is 1. The highest BCUT2D eigenvalue weighted by molar-refractivity contribution is 5.85. The van der Waals surface area contributed by atoms with Gasteiger partial charge in [-0.2, -0.15) is 0 Å². The molecule has 2 aliphatic rings. The molecular weight excluding hydrogens is 300 g/mol. The number of carbonyl (C=O) groups is 1. The van der Waals surface area contributed by atoms with Gasteiger partial charge in [-0.25, -0.2) is 0 Å². The van der Waals surface area contributed by atoms with E-state index in [1.807, 2.05) is 30.3 Å². The molecule has 1 spiro atoms. The quantitative estimate of drug-likeness (QED) is 0.788. The predicted octanol–water partition coefficient (Wildman–Crippen LogP) is 2.13. The van der Waals surface area contributed by atoms with Gasteiger partial charge < -0.3 is 15.4 Å². The Balaban J connectivity index is 0.00000176. The van der Waals surface area contributed by atoms with Gasteiger partial charge in [-0.3, -0.25) is 4.79 Å². The van der Waals surface area contributed by atoms with Crippen LogP contribution in [-0.4, -0.2) is 32.1 Å². The van der Waals surface area contributed by atoms with Gasteiger partial charge in [0.25, 0.3) is 0 Å². The zero-order chi connectivity index (χ0) is 14.5. The molecule has 1 saturated heterocycles.